The van der Waals surface area contributed by atoms with Gasteiger partial charge in [0.15, 0.2) is 9.92 Å². The SMILES string of the molecule is Cc1oc(S(N)(=O)=NC(=O)NC2=C(C(C)C)CN(C)C=C2C(C)C)cc1C(C)(C)O. The molecule has 4 N–H and O–H groups in total. The molecule has 0 aromatic carbocycles. The highest BCUT2D eigenvalue weighted by Crippen LogP contribution is 2.30. The van der Waals surface area contributed by atoms with E-state index >= 15 is 0 Å². The molecule has 0 fully saturated rings. The zero-order valence-corrected chi connectivity index (χ0v) is 19.9. The van der Waals surface area contributed by atoms with Crippen molar-refractivity contribution in [3.05, 3.63) is 40.4 Å². The van der Waals surface area contributed by atoms with Crippen LogP contribution in [0.4, 0.5) is 4.79 Å². The van der Waals surface area contributed by atoms with Gasteiger partial charge in [-0.2, -0.15) is 0 Å². The minimum Gasteiger partial charge on any atom is -0.450 e. The van der Waals surface area contributed by atoms with Crippen molar-refractivity contribution in [3.63, 3.8) is 0 Å². The third kappa shape index (κ3) is 5.33. The normalized spacial score (nSPS) is 17.3. The van der Waals surface area contributed by atoms with Crippen molar-refractivity contribution in [3.8, 4) is 0 Å². The van der Waals surface area contributed by atoms with Gasteiger partial charge in [-0.05, 0) is 43.8 Å². The molecule has 0 aliphatic carbocycles. The van der Waals surface area contributed by atoms with Gasteiger partial charge in [0.2, 0.25) is 5.09 Å². The fourth-order valence-electron chi connectivity index (χ4n) is 3.45. The Hall–Kier alpha value is -2.10. The molecule has 1 aliphatic heterocycles. The number of aryl methyl sites for hydroxylation is 1. The summed E-state index contributed by atoms with van der Waals surface area (Å²) in [6.45, 7) is 13.7. The first-order valence-corrected chi connectivity index (χ1v) is 11.6. The lowest BCUT2D eigenvalue weighted by molar-refractivity contribution is 0.0769. The Bertz CT molecular complexity index is 1000. The fraction of sp³-hybridized carbons (Fsp3) is 0.571. The molecule has 1 aliphatic rings. The van der Waals surface area contributed by atoms with Gasteiger partial charge in [0.1, 0.15) is 5.76 Å². The van der Waals surface area contributed by atoms with E-state index in [1.165, 1.54) is 6.07 Å². The molecule has 2 heterocycles. The molecule has 0 radical (unpaired) electrons. The van der Waals surface area contributed by atoms with Gasteiger partial charge >= 0.3 is 6.03 Å². The minimum atomic E-state index is -3.63. The maximum Gasteiger partial charge on any atom is 0.354 e. The van der Waals surface area contributed by atoms with Gasteiger partial charge in [-0.25, -0.2) is 14.1 Å². The average molecular weight is 439 g/mol. The molecule has 1 aromatic rings. The van der Waals surface area contributed by atoms with Gasteiger partial charge in [0, 0.05) is 37.1 Å². The summed E-state index contributed by atoms with van der Waals surface area (Å²) in [5.41, 5.74) is 1.98. The lowest BCUT2D eigenvalue weighted by atomic mass is 9.89. The van der Waals surface area contributed by atoms with Crippen LogP contribution in [0.1, 0.15) is 52.9 Å². The zero-order chi connectivity index (χ0) is 23.0. The molecular weight excluding hydrogens is 404 g/mol. The Kier molecular flexibility index (Phi) is 6.90. The zero-order valence-electron chi connectivity index (χ0n) is 19.1. The fourth-order valence-corrected chi connectivity index (χ4v) is 4.36. The second-order valence-electron chi connectivity index (χ2n) is 8.89. The molecule has 0 bridgehead atoms. The van der Waals surface area contributed by atoms with Crippen molar-refractivity contribution >= 4 is 15.9 Å². The lowest BCUT2D eigenvalue weighted by Crippen LogP contribution is -2.33. The van der Waals surface area contributed by atoms with Crippen LogP contribution in [0.25, 0.3) is 0 Å². The lowest BCUT2D eigenvalue weighted by Gasteiger charge is -2.31. The summed E-state index contributed by atoms with van der Waals surface area (Å²) in [5, 5.41) is 18.7. The summed E-state index contributed by atoms with van der Waals surface area (Å²) in [6.07, 6.45) is 2.00. The van der Waals surface area contributed by atoms with Gasteiger partial charge in [0.05, 0.1) is 5.60 Å². The maximum absolute atomic E-state index is 13.0. The summed E-state index contributed by atoms with van der Waals surface area (Å²) in [7, 11) is -1.64. The van der Waals surface area contributed by atoms with Crippen LogP contribution in [0.2, 0.25) is 0 Å². The first kappa shape index (κ1) is 24.2. The molecular formula is C21H34N4O4S. The highest BCUT2D eigenvalue weighted by molar-refractivity contribution is 7.91. The second-order valence-corrected chi connectivity index (χ2v) is 10.6. The van der Waals surface area contributed by atoms with Gasteiger partial charge in [-0.1, -0.05) is 27.7 Å². The second kappa shape index (κ2) is 8.56. The first-order valence-electron chi connectivity index (χ1n) is 9.98. The van der Waals surface area contributed by atoms with Crippen molar-refractivity contribution in [2.75, 3.05) is 13.6 Å². The molecule has 0 spiro atoms. The number of urea groups is 1. The van der Waals surface area contributed by atoms with Crippen LogP contribution in [0.3, 0.4) is 0 Å². The molecule has 30 heavy (non-hydrogen) atoms. The van der Waals surface area contributed by atoms with Crippen molar-refractivity contribution in [2.24, 2.45) is 21.3 Å². The van der Waals surface area contributed by atoms with E-state index in [1.807, 2.05) is 27.1 Å². The van der Waals surface area contributed by atoms with E-state index in [0.717, 1.165) is 11.1 Å². The van der Waals surface area contributed by atoms with Crippen molar-refractivity contribution in [1.82, 2.24) is 10.2 Å². The summed E-state index contributed by atoms with van der Waals surface area (Å²) in [6, 6.07) is 0.591. The smallest absolute Gasteiger partial charge is 0.354 e. The van der Waals surface area contributed by atoms with E-state index in [1.54, 1.807) is 20.8 Å². The third-order valence-corrected chi connectivity index (χ3v) is 6.22. The summed E-state index contributed by atoms with van der Waals surface area (Å²) >= 11 is 0. The number of rotatable bonds is 5. The van der Waals surface area contributed by atoms with Crippen LogP contribution < -0.4 is 10.5 Å². The molecule has 0 saturated carbocycles. The number of furan rings is 1. The van der Waals surface area contributed by atoms with Crippen LogP contribution in [0, 0.1) is 18.8 Å². The molecule has 168 valence electrons. The predicted molar refractivity (Wildman–Crippen MR) is 118 cm³/mol. The van der Waals surface area contributed by atoms with Gasteiger partial charge in [-0.15, -0.1) is 4.36 Å². The van der Waals surface area contributed by atoms with Crippen molar-refractivity contribution < 1.29 is 18.5 Å². The van der Waals surface area contributed by atoms with E-state index in [-0.39, 0.29) is 16.9 Å². The first-order chi connectivity index (χ1) is 13.6. The third-order valence-electron chi connectivity index (χ3n) is 5.00. The molecule has 1 atom stereocenters. The van der Waals surface area contributed by atoms with E-state index in [4.69, 9.17) is 9.56 Å². The number of nitrogens with two attached hydrogens (primary N) is 1. The minimum absolute atomic E-state index is 0.145. The number of carbonyl (C=O) groups excluding carboxylic acids is 1. The number of carbonyl (C=O) groups is 1. The Morgan fingerprint density at radius 3 is 2.40 bits per heavy atom. The number of likely N-dealkylation sites (N-methyl/N-ethyl adjacent to an activating group) is 1. The van der Waals surface area contributed by atoms with E-state index in [2.05, 4.69) is 28.4 Å². The highest BCUT2D eigenvalue weighted by Gasteiger charge is 2.27. The van der Waals surface area contributed by atoms with E-state index in [0.29, 0.717) is 23.6 Å². The molecule has 9 heteroatoms. The number of allylic oxidation sites excluding steroid dienone is 1. The number of nitrogens with one attached hydrogen (secondary N) is 1. The predicted octanol–water partition coefficient (Wildman–Crippen LogP) is 3.62. The Labute approximate surface area is 179 Å². The van der Waals surface area contributed by atoms with E-state index < -0.39 is 21.5 Å². The molecule has 2 rings (SSSR count). The summed E-state index contributed by atoms with van der Waals surface area (Å²) in [4.78, 5) is 14.8. The molecule has 1 aromatic heterocycles. The van der Waals surface area contributed by atoms with Crippen LogP contribution in [0.15, 0.2) is 43.0 Å². The number of hydrogen-bond acceptors (Lipinski definition) is 5. The van der Waals surface area contributed by atoms with Crippen LogP contribution in [-0.4, -0.2) is 33.8 Å². The van der Waals surface area contributed by atoms with Gasteiger partial charge in [-0.3, -0.25) is 0 Å². The quantitative estimate of drug-likeness (QED) is 0.648. The van der Waals surface area contributed by atoms with Crippen LogP contribution in [0.5, 0.6) is 0 Å². The van der Waals surface area contributed by atoms with Gasteiger partial charge < -0.3 is 19.7 Å². The van der Waals surface area contributed by atoms with Gasteiger partial charge in [0.25, 0.3) is 0 Å². The topological polar surface area (TPSA) is 121 Å². The standard InChI is InChI=1S/C21H34N4O4S/c1-12(2)15-10-25(8)11-16(13(3)4)19(15)23-20(26)24-30(22,28)18-9-17(14(5)29-18)21(6,7)27/h9-10,12-13,27H,11H2,1-8H3,(H3,22,23,24,26,28). The maximum atomic E-state index is 13.0. The average Bonchev–Trinajstić information content (AvgIpc) is 2.98. The monoisotopic (exact) mass is 438 g/mol. The Morgan fingerprint density at radius 2 is 1.93 bits per heavy atom. The molecule has 0 saturated heterocycles. The molecule has 2 amide bonds. The van der Waals surface area contributed by atoms with Crippen LogP contribution >= 0.6 is 0 Å². The molecule has 8 nitrogen and oxygen atoms in total. The summed E-state index contributed by atoms with van der Waals surface area (Å²) in [5.74, 6) is 0.743. The van der Waals surface area contributed by atoms with Crippen molar-refractivity contribution in [2.45, 2.75) is 59.2 Å². The Balaban J connectivity index is 2.43. The Morgan fingerprint density at radius 1 is 1.33 bits per heavy atom. The largest absolute Gasteiger partial charge is 0.450 e. The van der Waals surface area contributed by atoms with E-state index in [9.17, 15) is 14.1 Å². The summed E-state index contributed by atoms with van der Waals surface area (Å²) < 4.78 is 22.1. The highest BCUT2D eigenvalue weighted by atomic mass is 32.2. The van der Waals surface area contributed by atoms with Crippen LogP contribution in [-0.2, 0) is 15.5 Å². The number of amides is 2. The number of aliphatic hydroxyl groups is 1. The number of hydrogen-bond donors (Lipinski definition) is 3. The number of nitrogens with zero attached hydrogens (tertiary/aromatic N) is 2. The van der Waals surface area contributed by atoms with Crippen molar-refractivity contribution in [1.29, 1.82) is 0 Å². The molecule has 1 unspecified atom stereocenters.